The number of carbonyl (C=O) groups excluding carboxylic acids is 1. The molecule has 0 saturated carbocycles. The van der Waals surface area contributed by atoms with Gasteiger partial charge >= 0.3 is 12.1 Å². The standard InChI is InChI=1S/C10H7BrF4O3/c11-6-1-2-8(7(12)3-6)18-9(16)4-17-5-10(13,14)15/h1-3H,4-5H2. The molecule has 0 N–H and O–H groups in total. The second-order valence-electron chi connectivity index (χ2n) is 3.16. The van der Waals surface area contributed by atoms with Crippen molar-refractivity contribution in [2.75, 3.05) is 13.2 Å². The monoisotopic (exact) mass is 330 g/mol. The molecule has 0 bridgehead atoms. The Labute approximate surface area is 108 Å². The van der Waals surface area contributed by atoms with Crippen molar-refractivity contribution in [1.29, 1.82) is 0 Å². The Hall–Kier alpha value is -1.15. The zero-order valence-corrected chi connectivity index (χ0v) is 10.3. The van der Waals surface area contributed by atoms with Crippen molar-refractivity contribution < 1.29 is 31.8 Å². The van der Waals surface area contributed by atoms with Crippen LogP contribution in [0.15, 0.2) is 22.7 Å². The number of benzene rings is 1. The first kappa shape index (κ1) is 14.9. The normalized spacial score (nSPS) is 11.4. The van der Waals surface area contributed by atoms with Crippen molar-refractivity contribution in [3.8, 4) is 5.75 Å². The lowest BCUT2D eigenvalue weighted by molar-refractivity contribution is -0.178. The average Bonchev–Trinajstić information content (AvgIpc) is 2.20. The molecule has 0 fully saturated rings. The van der Waals surface area contributed by atoms with Crippen molar-refractivity contribution in [2.24, 2.45) is 0 Å². The molecule has 18 heavy (non-hydrogen) atoms. The van der Waals surface area contributed by atoms with Crippen molar-refractivity contribution in [3.05, 3.63) is 28.5 Å². The van der Waals surface area contributed by atoms with Crippen LogP contribution in [-0.4, -0.2) is 25.4 Å². The van der Waals surface area contributed by atoms with E-state index in [1.54, 1.807) is 0 Å². The second-order valence-corrected chi connectivity index (χ2v) is 4.07. The van der Waals surface area contributed by atoms with Gasteiger partial charge in [-0.3, -0.25) is 0 Å². The van der Waals surface area contributed by atoms with Crippen LogP contribution in [0.1, 0.15) is 0 Å². The summed E-state index contributed by atoms with van der Waals surface area (Å²) < 4.78 is 57.3. The molecule has 0 aromatic heterocycles. The van der Waals surface area contributed by atoms with Crippen molar-refractivity contribution in [1.82, 2.24) is 0 Å². The van der Waals surface area contributed by atoms with E-state index in [1.807, 2.05) is 0 Å². The lowest BCUT2D eigenvalue weighted by Crippen LogP contribution is -2.23. The van der Waals surface area contributed by atoms with Gasteiger partial charge in [-0.1, -0.05) is 15.9 Å². The molecule has 1 rings (SSSR count). The first-order valence-electron chi connectivity index (χ1n) is 4.58. The van der Waals surface area contributed by atoms with Gasteiger partial charge in [-0.15, -0.1) is 0 Å². The number of rotatable bonds is 4. The summed E-state index contributed by atoms with van der Waals surface area (Å²) >= 11 is 3.00. The molecule has 1 aromatic rings. The quantitative estimate of drug-likeness (QED) is 0.483. The molecule has 0 unspecified atom stereocenters. The van der Waals surface area contributed by atoms with E-state index in [1.165, 1.54) is 12.1 Å². The van der Waals surface area contributed by atoms with Crippen LogP contribution in [0.2, 0.25) is 0 Å². The van der Waals surface area contributed by atoms with Gasteiger partial charge in [0.15, 0.2) is 11.6 Å². The Morgan fingerprint density at radius 1 is 1.33 bits per heavy atom. The minimum atomic E-state index is -4.52. The highest BCUT2D eigenvalue weighted by molar-refractivity contribution is 9.10. The highest BCUT2D eigenvalue weighted by Gasteiger charge is 2.28. The zero-order chi connectivity index (χ0) is 13.8. The Morgan fingerprint density at radius 2 is 2.00 bits per heavy atom. The molecule has 0 saturated heterocycles. The summed E-state index contributed by atoms with van der Waals surface area (Å²) in [6, 6.07) is 3.64. The maximum Gasteiger partial charge on any atom is 0.411 e. The van der Waals surface area contributed by atoms with Crippen LogP contribution in [0.4, 0.5) is 17.6 Å². The van der Waals surface area contributed by atoms with Gasteiger partial charge in [0.05, 0.1) is 0 Å². The molecular formula is C10H7BrF4O3. The van der Waals surface area contributed by atoms with E-state index in [0.29, 0.717) is 4.47 Å². The number of esters is 1. The number of hydrogen-bond donors (Lipinski definition) is 0. The number of halogens is 5. The van der Waals surface area contributed by atoms with Gasteiger partial charge in [0.2, 0.25) is 0 Å². The van der Waals surface area contributed by atoms with Gasteiger partial charge in [0, 0.05) is 4.47 Å². The Bertz CT molecular complexity index is 434. The third-order valence-electron chi connectivity index (χ3n) is 1.60. The van der Waals surface area contributed by atoms with E-state index in [9.17, 15) is 22.4 Å². The van der Waals surface area contributed by atoms with E-state index in [2.05, 4.69) is 25.4 Å². The maximum absolute atomic E-state index is 13.2. The Kier molecular flexibility index (Phi) is 5.09. The maximum atomic E-state index is 13.2. The number of hydrogen-bond acceptors (Lipinski definition) is 3. The van der Waals surface area contributed by atoms with E-state index in [4.69, 9.17) is 0 Å². The van der Waals surface area contributed by atoms with Gasteiger partial charge in [-0.2, -0.15) is 13.2 Å². The molecule has 0 aliphatic heterocycles. The van der Waals surface area contributed by atoms with Crippen LogP contribution in [0.5, 0.6) is 5.75 Å². The van der Waals surface area contributed by atoms with Crippen molar-refractivity contribution in [3.63, 3.8) is 0 Å². The predicted molar refractivity (Wildman–Crippen MR) is 56.6 cm³/mol. The highest BCUT2D eigenvalue weighted by atomic mass is 79.9. The number of alkyl halides is 3. The topological polar surface area (TPSA) is 35.5 Å². The van der Waals surface area contributed by atoms with Gasteiger partial charge < -0.3 is 9.47 Å². The van der Waals surface area contributed by atoms with Gasteiger partial charge in [0.1, 0.15) is 13.2 Å². The van der Waals surface area contributed by atoms with Crippen LogP contribution in [0.3, 0.4) is 0 Å². The summed E-state index contributed by atoms with van der Waals surface area (Å²) in [6.07, 6.45) is -4.52. The second kappa shape index (κ2) is 6.14. The molecule has 0 amide bonds. The summed E-state index contributed by atoms with van der Waals surface area (Å²) in [5, 5.41) is 0. The van der Waals surface area contributed by atoms with Crippen LogP contribution < -0.4 is 4.74 Å². The molecule has 0 aliphatic carbocycles. The van der Waals surface area contributed by atoms with E-state index in [0.717, 1.165) is 6.07 Å². The molecule has 0 radical (unpaired) electrons. The molecule has 8 heteroatoms. The van der Waals surface area contributed by atoms with Crippen LogP contribution >= 0.6 is 15.9 Å². The molecule has 1 aromatic carbocycles. The highest BCUT2D eigenvalue weighted by Crippen LogP contribution is 2.21. The molecule has 0 spiro atoms. The third kappa shape index (κ3) is 5.46. The molecule has 100 valence electrons. The Balaban J connectivity index is 2.45. The lowest BCUT2D eigenvalue weighted by atomic mass is 10.3. The van der Waals surface area contributed by atoms with Gasteiger partial charge in [-0.25, -0.2) is 9.18 Å². The first-order chi connectivity index (χ1) is 8.28. The van der Waals surface area contributed by atoms with E-state index >= 15 is 0 Å². The predicted octanol–water partition coefficient (Wildman–Crippen LogP) is 3.07. The summed E-state index contributed by atoms with van der Waals surface area (Å²) in [5.41, 5.74) is 0. The largest absolute Gasteiger partial charge is 0.422 e. The fraction of sp³-hybridized carbons (Fsp3) is 0.300. The van der Waals surface area contributed by atoms with Gasteiger partial charge in [0.25, 0.3) is 0 Å². The lowest BCUT2D eigenvalue weighted by Gasteiger charge is -2.08. The minimum Gasteiger partial charge on any atom is -0.422 e. The first-order valence-corrected chi connectivity index (χ1v) is 5.37. The zero-order valence-electron chi connectivity index (χ0n) is 8.76. The minimum absolute atomic E-state index is 0.376. The summed E-state index contributed by atoms with van der Waals surface area (Å²) in [5.74, 6) is -2.30. The molecular weight excluding hydrogens is 324 g/mol. The molecule has 3 nitrogen and oxygen atoms in total. The van der Waals surface area contributed by atoms with Crippen LogP contribution in [0, 0.1) is 5.82 Å². The van der Waals surface area contributed by atoms with E-state index in [-0.39, 0.29) is 5.75 Å². The molecule has 0 aliphatic rings. The SMILES string of the molecule is O=C(COCC(F)(F)F)Oc1ccc(Br)cc1F. The fourth-order valence-electron chi connectivity index (χ4n) is 0.960. The fourth-order valence-corrected chi connectivity index (χ4v) is 1.29. The van der Waals surface area contributed by atoms with Crippen LogP contribution in [-0.2, 0) is 9.53 Å². The Morgan fingerprint density at radius 3 is 2.56 bits per heavy atom. The summed E-state index contributed by atoms with van der Waals surface area (Å²) in [4.78, 5) is 11.0. The van der Waals surface area contributed by atoms with Crippen molar-refractivity contribution in [2.45, 2.75) is 6.18 Å². The summed E-state index contributed by atoms with van der Waals surface area (Å²) in [6.45, 7) is -2.47. The molecule has 0 atom stereocenters. The summed E-state index contributed by atoms with van der Waals surface area (Å²) in [7, 11) is 0. The number of carbonyl (C=O) groups is 1. The van der Waals surface area contributed by atoms with E-state index < -0.39 is 31.2 Å². The van der Waals surface area contributed by atoms with Crippen LogP contribution in [0.25, 0.3) is 0 Å². The average molecular weight is 331 g/mol. The third-order valence-corrected chi connectivity index (χ3v) is 2.10. The van der Waals surface area contributed by atoms with Gasteiger partial charge in [-0.05, 0) is 18.2 Å². The smallest absolute Gasteiger partial charge is 0.411 e. The van der Waals surface area contributed by atoms with Crippen molar-refractivity contribution >= 4 is 21.9 Å². The number of ether oxygens (including phenoxy) is 2. The molecule has 0 heterocycles.